The summed E-state index contributed by atoms with van der Waals surface area (Å²) in [4.78, 5) is 135. The molecule has 3 aliphatic rings. The lowest BCUT2D eigenvalue weighted by molar-refractivity contribution is -0.146. The Bertz CT molecular complexity index is 4310. The molecule has 0 bridgehead atoms. The molecule has 10 aromatic rings. The summed E-state index contributed by atoms with van der Waals surface area (Å²) in [5.74, 6) is -5.92. The number of nitrogens with one attached hydrogen (secondary N) is 8. The highest BCUT2D eigenvalue weighted by Gasteiger charge is 2.44. The van der Waals surface area contributed by atoms with Crippen LogP contribution in [0, 0.1) is 0 Å². The lowest BCUT2D eigenvalue weighted by atomic mass is 9.91. The molecular formula is C78H74N10O10. The second-order valence-electron chi connectivity index (χ2n) is 25.5. The fourth-order valence-electron chi connectivity index (χ4n) is 13.7. The Hall–Kier alpha value is -11.8. The zero-order valence-electron chi connectivity index (χ0n) is 53.5. The highest BCUT2D eigenvalue weighted by molar-refractivity contribution is 6.00. The Kier molecular flexibility index (Phi) is 19.2. The Labute approximate surface area is 565 Å². The van der Waals surface area contributed by atoms with Crippen molar-refractivity contribution in [3.05, 3.63) is 274 Å². The summed E-state index contributed by atoms with van der Waals surface area (Å²) < 4.78 is 0. The van der Waals surface area contributed by atoms with Crippen molar-refractivity contribution in [2.24, 2.45) is 0 Å². The fraction of sp³-hybridized carbons (Fsp3) is 0.231. The minimum Gasteiger partial charge on any atom is -0.508 e. The first-order valence-corrected chi connectivity index (χ1v) is 32.9. The van der Waals surface area contributed by atoms with Crippen molar-refractivity contribution in [2.45, 2.75) is 113 Å². The van der Waals surface area contributed by atoms with Crippen LogP contribution < -0.4 is 31.9 Å². The van der Waals surface area contributed by atoms with Crippen LogP contribution in [0.3, 0.4) is 0 Å². The molecule has 10 N–H and O–H groups in total. The third-order valence-corrected chi connectivity index (χ3v) is 18.9. The number of aromatic nitrogens is 2. The predicted octanol–water partition coefficient (Wildman–Crippen LogP) is 6.65. The second kappa shape index (κ2) is 29.0. The van der Waals surface area contributed by atoms with Gasteiger partial charge >= 0.3 is 0 Å². The summed E-state index contributed by atoms with van der Waals surface area (Å²) in [5, 5.41) is 40.4. The normalized spacial score (nSPS) is 21.4. The lowest BCUT2D eigenvalue weighted by Gasteiger charge is -2.39. The van der Waals surface area contributed by atoms with Gasteiger partial charge in [0.05, 0.1) is 0 Å². The van der Waals surface area contributed by atoms with E-state index >= 15 is 38.4 Å². The smallest absolute Gasteiger partial charge is 0.246 e. The largest absolute Gasteiger partial charge is 0.508 e. The highest BCUT2D eigenvalue weighted by atomic mass is 16.3. The molecule has 8 aromatic carbocycles. The number of amides is 8. The van der Waals surface area contributed by atoms with Crippen molar-refractivity contribution in [2.75, 3.05) is 0 Å². The van der Waals surface area contributed by atoms with E-state index in [4.69, 9.17) is 0 Å². The fourth-order valence-corrected chi connectivity index (χ4v) is 13.7. The first-order valence-electron chi connectivity index (χ1n) is 32.9. The molecule has 2 aromatic heterocycles. The number of H-pyrrole nitrogens is 2. The van der Waals surface area contributed by atoms with Crippen molar-refractivity contribution in [1.29, 1.82) is 0 Å². The summed E-state index contributed by atoms with van der Waals surface area (Å²) in [6.07, 6.45) is 2.83. The zero-order valence-corrected chi connectivity index (χ0v) is 53.5. The van der Waals surface area contributed by atoms with Gasteiger partial charge in [-0.2, -0.15) is 0 Å². The SMILES string of the molecule is O=C1N[C@@H](Cc2c[nH]c3ccccc23)C(=O)N2Cc3ccccc3C[C@@H]2C(=O)N[C@@H](Cc2ccccc2)C(=O)N[C@@H](Cc2ccc(O)cc2)C(=O)N[C@@H](Cc2c[nH]c3ccccc23)C(=O)N2Cc3ccccc3C[C@@H]2C(=O)N[C@@H](Cc2ccccc2)C(=O)N[C@H]1Cc1ccc(O)cc1. The van der Waals surface area contributed by atoms with Gasteiger partial charge in [0.15, 0.2) is 0 Å². The van der Waals surface area contributed by atoms with Gasteiger partial charge in [0, 0.05) is 98.7 Å². The van der Waals surface area contributed by atoms with Crippen LogP contribution in [0.15, 0.2) is 219 Å². The van der Waals surface area contributed by atoms with Gasteiger partial charge in [-0.1, -0.05) is 170 Å². The van der Waals surface area contributed by atoms with Crippen molar-refractivity contribution in [1.82, 2.24) is 51.7 Å². The number of aromatic hydroxyl groups is 2. The van der Waals surface area contributed by atoms with E-state index in [-0.39, 0.29) is 76.0 Å². The lowest BCUT2D eigenvalue weighted by Crippen LogP contribution is -2.64. The Balaban J connectivity index is 0.949. The average Bonchev–Trinajstić information content (AvgIpc) is 0.801. The minimum absolute atomic E-state index is 0.00355. The Morgan fingerprint density at radius 3 is 0.969 bits per heavy atom. The first-order chi connectivity index (χ1) is 47.6. The van der Waals surface area contributed by atoms with E-state index in [1.165, 1.54) is 34.1 Å². The molecule has 8 amide bonds. The van der Waals surface area contributed by atoms with Gasteiger partial charge in [-0.3, -0.25) is 38.4 Å². The number of para-hydroxylation sites is 2. The summed E-state index contributed by atoms with van der Waals surface area (Å²) in [6.45, 7) is -0.177. The molecule has 13 rings (SSSR count). The van der Waals surface area contributed by atoms with Gasteiger partial charge in [-0.25, -0.2) is 0 Å². The number of aromatic amines is 2. The van der Waals surface area contributed by atoms with E-state index in [2.05, 4.69) is 41.9 Å². The van der Waals surface area contributed by atoms with E-state index in [9.17, 15) is 10.2 Å². The van der Waals surface area contributed by atoms with Crippen LogP contribution in [0.5, 0.6) is 11.5 Å². The molecular weight excluding hydrogens is 1240 g/mol. The summed E-state index contributed by atoms with van der Waals surface area (Å²) in [6, 6.07) is 48.9. The van der Waals surface area contributed by atoms with Crippen molar-refractivity contribution >= 4 is 69.1 Å². The topological polar surface area (TPSA) is 287 Å². The highest BCUT2D eigenvalue weighted by Crippen LogP contribution is 2.30. The van der Waals surface area contributed by atoms with Crippen molar-refractivity contribution in [3.63, 3.8) is 0 Å². The number of hydrogen-bond donors (Lipinski definition) is 10. The molecule has 98 heavy (non-hydrogen) atoms. The van der Waals surface area contributed by atoms with Crippen LogP contribution in [-0.2, 0) is 103 Å². The second-order valence-corrected chi connectivity index (χ2v) is 25.5. The summed E-state index contributed by atoms with van der Waals surface area (Å²) >= 11 is 0. The molecule has 20 nitrogen and oxygen atoms in total. The number of nitrogens with zero attached hydrogens (tertiary/aromatic N) is 2. The van der Waals surface area contributed by atoms with E-state index in [1.807, 2.05) is 109 Å². The molecule has 0 radical (unpaired) electrons. The molecule has 1 saturated heterocycles. The van der Waals surface area contributed by atoms with Crippen LogP contribution in [0.2, 0.25) is 0 Å². The number of phenols is 2. The molecule has 20 heteroatoms. The van der Waals surface area contributed by atoms with Crippen molar-refractivity contribution < 1.29 is 48.6 Å². The van der Waals surface area contributed by atoms with Gasteiger partial charge in [-0.15, -0.1) is 0 Å². The summed E-state index contributed by atoms with van der Waals surface area (Å²) in [5.41, 5.74) is 8.19. The number of rotatable bonds is 12. The standard InChI is InChI=1S/C78H74N10O10/c89-57-31-27-49(28-32-57)37-63-73(93)85-68(40-56-44-80-62-26-14-12-24-60(56)62)78(98)88-46-54-22-10-8-20-52(54)42-70(88)76(96)84-66(36-48-17-5-2-6-18-48)72(92)82-64(38-50-29-33-58(90)34-30-50)74(94)86-67(39-55-43-79-61-25-13-11-23-59(55)61)77(97)87-45-53-21-9-7-19-51(53)41-69(87)75(95)83-65(71(91)81-63)35-47-15-3-1-4-16-47/h1-34,43-44,63-70,79-80,89-90H,35-42,45-46H2,(H,81,91)(H,82,92)(H,83,95)(H,84,96)(H,85,93)(H,86,94)/t63-,64-,65-,66-,67-,68-,69+,70+/m0/s1. The van der Waals surface area contributed by atoms with Gasteiger partial charge in [0.25, 0.3) is 0 Å². The van der Waals surface area contributed by atoms with Crippen LogP contribution in [0.4, 0.5) is 0 Å². The molecule has 0 saturated carbocycles. The molecule has 0 aliphatic carbocycles. The van der Waals surface area contributed by atoms with Crippen molar-refractivity contribution in [3.8, 4) is 11.5 Å². The minimum atomic E-state index is -1.45. The first kappa shape index (κ1) is 64.9. The van der Waals surface area contributed by atoms with E-state index in [0.29, 0.717) is 33.4 Å². The summed E-state index contributed by atoms with van der Waals surface area (Å²) in [7, 11) is 0. The third-order valence-electron chi connectivity index (χ3n) is 18.9. The number of carbonyl (C=O) groups is 8. The number of fused-ring (bicyclic) bond motifs is 6. The Morgan fingerprint density at radius 2 is 0.602 bits per heavy atom. The third kappa shape index (κ3) is 14.8. The van der Waals surface area contributed by atoms with Gasteiger partial charge in [0.2, 0.25) is 47.3 Å². The van der Waals surface area contributed by atoms with Gasteiger partial charge < -0.3 is 61.9 Å². The number of carbonyl (C=O) groups excluding carboxylic acids is 8. The molecule has 3 aliphatic heterocycles. The monoisotopic (exact) mass is 1310 g/mol. The van der Waals surface area contributed by atoms with Crippen LogP contribution in [-0.4, -0.2) is 126 Å². The molecule has 1 fully saturated rings. The molecule has 0 unspecified atom stereocenters. The van der Waals surface area contributed by atoms with Crippen LogP contribution >= 0.6 is 0 Å². The number of hydrogen-bond acceptors (Lipinski definition) is 10. The van der Waals surface area contributed by atoms with E-state index in [1.54, 1.807) is 85.2 Å². The molecule has 5 heterocycles. The maximum Gasteiger partial charge on any atom is 0.246 e. The van der Waals surface area contributed by atoms with E-state index < -0.39 is 95.6 Å². The van der Waals surface area contributed by atoms with Gasteiger partial charge in [-0.05, 0) is 92.0 Å². The quantitative estimate of drug-likeness (QED) is 0.0622. The number of phenolic OH excluding ortho intramolecular Hbond substituents is 2. The van der Waals surface area contributed by atoms with E-state index in [0.717, 1.165) is 44.1 Å². The average molecular weight is 1310 g/mol. The maximum atomic E-state index is 16.1. The predicted molar refractivity (Wildman–Crippen MR) is 368 cm³/mol. The van der Waals surface area contributed by atoms with Crippen LogP contribution in [0.1, 0.15) is 55.6 Å². The molecule has 8 atom stereocenters. The maximum absolute atomic E-state index is 16.1. The van der Waals surface area contributed by atoms with Gasteiger partial charge in [0.1, 0.15) is 59.8 Å². The molecule has 0 spiro atoms. The Morgan fingerprint density at radius 1 is 0.306 bits per heavy atom. The number of benzene rings is 8. The van der Waals surface area contributed by atoms with Crippen LogP contribution in [0.25, 0.3) is 21.8 Å². The molecule has 496 valence electrons. The zero-order chi connectivity index (χ0) is 67.8.